The zero-order valence-corrected chi connectivity index (χ0v) is 20.7. The SMILES string of the molecule is CC(=O)OCc1cnc(C)c2oc(=Nc3ccc(Cl)c(Cl)c3)c(C(=O)Nc3ccc(C)cc3)cc12. The van der Waals surface area contributed by atoms with E-state index in [9.17, 15) is 9.59 Å². The van der Waals surface area contributed by atoms with E-state index in [-0.39, 0.29) is 17.7 Å². The molecule has 0 fully saturated rings. The maximum atomic E-state index is 13.4. The summed E-state index contributed by atoms with van der Waals surface area (Å²) in [6.07, 6.45) is 1.59. The number of hydrogen-bond acceptors (Lipinski definition) is 6. The number of carbonyl (C=O) groups excluding carboxylic acids is 2. The van der Waals surface area contributed by atoms with Crippen LogP contribution in [0.3, 0.4) is 0 Å². The first kappa shape index (κ1) is 24.4. The lowest BCUT2D eigenvalue weighted by Crippen LogP contribution is -2.22. The molecule has 1 amide bonds. The van der Waals surface area contributed by atoms with Crippen LogP contribution in [0, 0.1) is 13.8 Å². The van der Waals surface area contributed by atoms with Gasteiger partial charge in [0.1, 0.15) is 12.2 Å². The number of anilines is 1. The molecule has 0 saturated carbocycles. The van der Waals surface area contributed by atoms with E-state index in [1.54, 1.807) is 49.5 Å². The van der Waals surface area contributed by atoms with Crippen molar-refractivity contribution in [3.8, 4) is 0 Å². The summed E-state index contributed by atoms with van der Waals surface area (Å²) in [5.41, 5.74) is 3.98. The van der Waals surface area contributed by atoms with E-state index in [4.69, 9.17) is 32.4 Å². The van der Waals surface area contributed by atoms with E-state index < -0.39 is 11.9 Å². The second kappa shape index (κ2) is 10.3. The summed E-state index contributed by atoms with van der Waals surface area (Å²) in [7, 11) is 0. The highest BCUT2D eigenvalue weighted by Crippen LogP contribution is 2.27. The van der Waals surface area contributed by atoms with Crippen molar-refractivity contribution in [2.24, 2.45) is 4.99 Å². The van der Waals surface area contributed by atoms with Crippen LogP contribution in [0.5, 0.6) is 0 Å². The Morgan fingerprint density at radius 1 is 1.06 bits per heavy atom. The third-order valence-electron chi connectivity index (χ3n) is 5.17. The molecular weight excluding hydrogens is 489 g/mol. The van der Waals surface area contributed by atoms with Gasteiger partial charge in [0, 0.05) is 29.8 Å². The molecule has 1 N–H and O–H groups in total. The molecule has 0 atom stereocenters. The van der Waals surface area contributed by atoms with E-state index in [1.165, 1.54) is 6.92 Å². The Morgan fingerprint density at radius 3 is 2.49 bits per heavy atom. The number of fused-ring (bicyclic) bond motifs is 1. The smallest absolute Gasteiger partial charge is 0.302 e. The van der Waals surface area contributed by atoms with Crippen molar-refractivity contribution >= 4 is 57.4 Å². The van der Waals surface area contributed by atoms with Gasteiger partial charge >= 0.3 is 5.97 Å². The monoisotopic (exact) mass is 509 g/mol. The van der Waals surface area contributed by atoms with Gasteiger partial charge in [-0.25, -0.2) is 4.99 Å². The lowest BCUT2D eigenvalue weighted by molar-refractivity contribution is -0.142. The zero-order chi connectivity index (χ0) is 25.1. The van der Waals surface area contributed by atoms with Crippen LogP contribution in [-0.2, 0) is 16.1 Å². The first-order valence-corrected chi connectivity index (χ1v) is 11.4. The fourth-order valence-electron chi connectivity index (χ4n) is 3.34. The van der Waals surface area contributed by atoms with Gasteiger partial charge in [0.05, 0.1) is 21.4 Å². The molecule has 0 spiro atoms. The van der Waals surface area contributed by atoms with Crippen LogP contribution in [-0.4, -0.2) is 16.9 Å². The van der Waals surface area contributed by atoms with Gasteiger partial charge in [-0.05, 0) is 50.2 Å². The molecule has 2 aromatic heterocycles. The van der Waals surface area contributed by atoms with Crippen LogP contribution >= 0.6 is 23.2 Å². The first-order valence-electron chi connectivity index (χ1n) is 10.6. The summed E-state index contributed by atoms with van der Waals surface area (Å²) in [5.74, 6) is -0.856. The second-order valence-electron chi connectivity index (χ2n) is 7.89. The molecule has 7 nitrogen and oxygen atoms in total. The number of aromatic nitrogens is 1. The molecule has 35 heavy (non-hydrogen) atoms. The first-order chi connectivity index (χ1) is 16.7. The summed E-state index contributed by atoms with van der Waals surface area (Å²) < 4.78 is 11.3. The highest BCUT2D eigenvalue weighted by atomic mass is 35.5. The number of carbonyl (C=O) groups is 2. The number of benzene rings is 2. The van der Waals surface area contributed by atoms with Gasteiger partial charge in [0.2, 0.25) is 5.55 Å². The third kappa shape index (κ3) is 5.70. The van der Waals surface area contributed by atoms with Gasteiger partial charge in [0.15, 0.2) is 5.58 Å². The van der Waals surface area contributed by atoms with E-state index in [0.717, 1.165) is 5.56 Å². The Labute approximate surface area is 211 Å². The largest absolute Gasteiger partial charge is 0.461 e. The van der Waals surface area contributed by atoms with E-state index >= 15 is 0 Å². The molecule has 2 aromatic carbocycles. The summed E-state index contributed by atoms with van der Waals surface area (Å²) in [5, 5.41) is 4.16. The summed E-state index contributed by atoms with van der Waals surface area (Å²) >= 11 is 12.2. The molecule has 0 unspecified atom stereocenters. The van der Waals surface area contributed by atoms with Crippen molar-refractivity contribution in [1.82, 2.24) is 4.98 Å². The summed E-state index contributed by atoms with van der Waals surface area (Å²) in [4.78, 5) is 33.6. The Kier molecular flexibility index (Phi) is 7.19. The normalized spacial score (nSPS) is 11.5. The van der Waals surface area contributed by atoms with Gasteiger partial charge in [-0.3, -0.25) is 14.6 Å². The molecule has 2 heterocycles. The molecule has 0 radical (unpaired) electrons. The fraction of sp³-hybridized carbons (Fsp3) is 0.154. The van der Waals surface area contributed by atoms with Crippen LogP contribution in [0.25, 0.3) is 11.0 Å². The minimum Gasteiger partial charge on any atom is -0.461 e. The van der Waals surface area contributed by atoms with Crippen molar-refractivity contribution < 1.29 is 18.7 Å². The van der Waals surface area contributed by atoms with Crippen LogP contribution < -0.4 is 10.9 Å². The molecule has 4 rings (SSSR count). The number of hydrogen-bond donors (Lipinski definition) is 1. The van der Waals surface area contributed by atoms with Gasteiger partial charge in [-0.1, -0.05) is 40.9 Å². The standard InChI is InChI=1S/C26H21Cl2N3O4/c1-14-4-6-18(7-5-14)30-25(33)21-11-20-17(13-34-16(3)32)12-29-15(2)24(20)35-26(21)31-19-8-9-22(27)23(28)10-19/h4-12H,13H2,1-3H3,(H,30,33). The number of amides is 1. The molecule has 0 aliphatic heterocycles. The van der Waals surface area contributed by atoms with Gasteiger partial charge < -0.3 is 14.5 Å². The molecule has 4 aromatic rings. The number of aryl methyl sites for hydroxylation is 2. The number of ether oxygens (including phenoxy) is 1. The van der Waals surface area contributed by atoms with Crippen molar-refractivity contribution in [3.05, 3.63) is 92.7 Å². The second-order valence-corrected chi connectivity index (χ2v) is 8.70. The number of nitrogens with one attached hydrogen (secondary N) is 1. The minimum absolute atomic E-state index is 0.0169. The lowest BCUT2D eigenvalue weighted by Gasteiger charge is -2.11. The zero-order valence-electron chi connectivity index (χ0n) is 19.2. The lowest BCUT2D eigenvalue weighted by atomic mass is 10.1. The predicted molar refractivity (Wildman–Crippen MR) is 135 cm³/mol. The topological polar surface area (TPSA) is 93.8 Å². The number of esters is 1. The number of rotatable bonds is 5. The Balaban J connectivity index is 1.90. The van der Waals surface area contributed by atoms with Gasteiger partial charge in [0.25, 0.3) is 5.91 Å². The average Bonchev–Trinajstić information content (AvgIpc) is 2.82. The molecule has 0 aliphatic rings. The Bertz CT molecular complexity index is 1510. The maximum Gasteiger partial charge on any atom is 0.302 e. The number of nitrogens with zero attached hydrogens (tertiary/aromatic N) is 2. The van der Waals surface area contributed by atoms with Crippen molar-refractivity contribution in [2.75, 3.05) is 5.32 Å². The van der Waals surface area contributed by atoms with Crippen LogP contribution in [0.4, 0.5) is 11.4 Å². The molecular formula is C26H21Cl2N3O4. The molecule has 0 aliphatic carbocycles. The van der Waals surface area contributed by atoms with Crippen LogP contribution in [0.2, 0.25) is 10.0 Å². The van der Waals surface area contributed by atoms with Crippen molar-refractivity contribution in [1.29, 1.82) is 0 Å². The maximum absolute atomic E-state index is 13.4. The molecule has 9 heteroatoms. The van der Waals surface area contributed by atoms with E-state index in [0.29, 0.717) is 43.6 Å². The van der Waals surface area contributed by atoms with Crippen LogP contribution in [0.15, 0.2) is 64.1 Å². The van der Waals surface area contributed by atoms with Gasteiger partial charge in [-0.2, -0.15) is 0 Å². The van der Waals surface area contributed by atoms with Crippen LogP contribution in [0.1, 0.15) is 34.1 Å². The summed E-state index contributed by atoms with van der Waals surface area (Å²) in [6.45, 7) is 5.04. The quantitative estimate of drug-likeness (QED) is 0.318. The number of halogens is 2. The Hall–Kier alpha value is -3.68. The van der Waals surface area contributed by atoms with Crippen molar-refractivity contribution in [3.63, 3.8) is 0 Å². The predicted octanol–water partition coefficient (Wildman–Crippen LogP) is 6.30. The van der Waals surface area contributed by atoms with E-state index in [2.05, 4.69) is 15.3 Å². The van der Waals surface area contributed by atoms with Crippen molar-refractivity contribution in [2.45, 2.75) is 27.4 Å². The Morgan fingerprint density at radius 2 is 1.80 bits per heavy atom. The van der Waals surface area contributed by atoms with E-state index in [1.807, 2.05) is 19.1 Å². The summed E-state index contributed by atoms with van der Waals surface area (Å²) in [6, 6.07) is 13.9. The average molecular weight is 510 g/mol. The highest BCUT2D eigenvalue weighted by molar-refractivity contribution is 6.42. The molecule has 0 bridgehead atoms. The van der Waals surface area contributed by atoms with Gasteiger partial charge in [-0.15, -0.1) is 0 Å². The molecule has 0 saturated heterocycles. The minimum atomic E-state index is -0.431. The third-order valence-corrected chi connectivity index (χ3v) is 5.91. The highest BCUT2D eigenvalue weighted by Gasteiger charge is 2.17. The molecule has 178 valence electrons. The fourth-order valence-corrected chi connectivity index (χ4v) is 3.63. The number of pyridine rings is 1.